The van der Waals surface area contributed by atoms with Crippen molar-refractivity contribution < 1.29 is 27.8 Å². The molecule has 8 heteroatoms. The molecule has 1 rings (SSSR count). The van der Waals surface area contributed by atoms with Crippen LogP contribution in [0.4, 0.5) is 13.2 Å². The van der Waals surface area contributed by atoms with Crippen molar-refractivity contribution in [3.63, 3.8) is 0 Å². The van der Waals surface area contributed by atoms with Crippen LogP contribution in [-0.2, 0) is 0 Å². The molecule has 116 valence electrons. The molecule has 0 heterocycles. The molecule has 0 aliphatic heterocycles. The third-order valence-electron chi connectivity index (χ3n) is 2.69. The fourth-order valence-corrected chi connectivity index (χ4v) is 1.57. The molecule has 2 atom stereocenters. The summed E-state index contributed by atoms with van der Waals surface area (Å²) in [5.41, 5.74) is 5.26. The van der Waals surface area contributed by atoms with Gasteiger partial charge in [0, 0.05) is 6.42 Å². The minimum Gasteiger partial charge on any atom is -0.493 e. The quantitative estimate of drug-likeness (QED) is 0.876. The molecule has 0 spiro atoms. The number of ether oxygens (including phenoxy) is 2. The molecule has 20 heavy (non-hydrogen) atoms. The molecule has 0 saturated heterocycles. The Bertz CT molecular complexity index is 429. The van der Waals surface area contributed by atoms with Crippen molar-refractivity contribution in [2.75, 3.05) is 14.2 Å². The van der Waals surface area contributed by atoms with Gasteiger partial charge in [-0.25, -0.2) is 0 Å². The Hall–Kier alpha value is -1.18. The van der Waals surface area contributed by atoms with E-state index in [2.05, 4.69) is 0 Å². The van der Waals surface area contributed by atoms with Crippen molar-refractivity contribution in [1.82, 2.24) is 0 Å². The SMILES string of the molecule is COc1ccc([C@H](O)C[C@H](N)C(F)(F)F)cc1OC.Cl. The highest BCUT2D eigenvalue weighted by Crippen LogP contribution is 2.32. The van der Waals surface area contributed by atoms with Crippen molar-refractivity contribution >= 4 is 12.4 Å². The van der Waals surface area contributed by atoms with Crippen LogP contribution >= 0.6 is 12.4 Å². The van der Waals surface area contributed by atoms with Crippen LogP contribution in [-0.4, -0.2) is 31.5 Å². The minimum absolute atomic E-state index is 0. The summed E-state index contributed by atoms with van der Waals surface area (Å²) in [6, 6.07) is 2.33. The van der Waals surface area contributed by atoms with Gasteiger partial charge in [0.2, 0.25) is 0 Å². The van der Waals surface area contributed by atoms with E-state index in [1.165, 1.54) is 32.4 Å². The Morgan fingerprint density at radius 1 is 1.20 bits per heavy atom. The van der Waals surface area contributed by atoms with E-state index in [1.807, 2.05) is 0 Å². The van der Waals surface area contributed by atoms with Gasteiger partial charge in [-0.15, -0.1) is 12.4 Å². The second-order valence-corrected chi connectivity index (χ2v) is 4.01. The standard InChI is InChI=1S/C12H16F3NO3.ClH/c1-18-9-4-3-7(5-10(9)19-2)8(17)6-11(16)12(13,14)15;/h3-5,8,11,17H,6,16H2,1-2H3;1H/t8-,11+;/m1./s1. The van der Waals surface area contributed by atoms with Gasteiger partial charge in [0.05, 0.1) is 20.3 Å². The van der Waals surface area contributed by atoms with Gasteiger partial charge in [-0.3, -0.25) is 0 Å². The van der Waals surface area contributed by atoms with Crippen molar-refractivity contribution in [2.24, 2.45) is 5.73 Å². The zero-order valence-electron chi connectivity index (χ0n) is 11.0. The number of halogens is 4. The number of methoxy groups -OCH3 is 2. The van der Waals surface area contributed by atoms with Crippen molar-refractivity contribution in [3.05, 3.63) is 23.8 Å². The average Bonchev–Trinajstić information content (AvgIpc) is 2.36. The molecular formula is C12H17ClF3NO3. The Balaban J connectivity index is 0.00000361. The predicted octanol–water partition coefficient (Wildman–Crippen LogP) is 2.44. The van der Waals surface area contributed by atoms with Crippen molar-refractivity contribution in [1.29, 1.82) is 0 Å². The van der Waals surface area contributed by atoms with Crippen LogP contribution in [0, 0.1) is 0 Å². The van der Waals surface area contributed by atoms with E-state index in [4.69, 9.17) is 15.2 Å². The van der Waals surface area contributed by atoms with Crippen LogP contribution in [0.15, 0.2) is 18.2 Å². The number of hydrogen-bond acceptors (Lipinski definition) is 4. The molecule has 1 aromatic rings. The smallest absolute Gasteiger partial charge is 0.403 e. The van der Waals surface area contributed by atoms with Gasteiger partial charge in [-0.05, 0) is 17.7 Å². The summed E-state index contributed by atoms with van der Waals surface area (Å²) in [5.74, 6) is 0.762. The second-order valence-electron chi connectivity index (χ2n) is 4.01. The van der Waals surface area contributed by atoms with Crippen LogP contribution in [0.1, 0.15) is 18.1 Å². The number of nitrogens with two attached hydrogens (primary N) is 1. The Labute approximate surface area is 121 Å². The first kappa shape index (κ1) is 18.8. The number of aliphatic hydroxyl groups is 1. The van der Waals surface area contributed by atoms with Crippen LogP contribution in [0.2, 0.25) is 0 Å². The van der Waals surface area contributed by atoms with Crippen LogP contribution in [0.25, 0.3) is 0 Å². The average molecular weight is 316 g/mol. The van der Waals surface area contributed by atoms with E-state index in [0.717, 1.165) is 0 Å². The molecule has 0 aromatic heterocycles. The zero-order chi connectivity index (χ0) is 14.6. The first-order chi connectivity index (χ1) is 8.79. The third-order valence-corrected chi connectivity index (χ3v) is 2.69. The predicted molar refractivity (Wildman–Crippen MR) is 70.4 cm³/mol. The monoisotopic (exact) mass is 315 g/mol. The Morgan fingerprint density at radius 2 is 1.75 bits per heavy atom. The first-order valence-corrected chi connectivity index (χ1v) is 5.52. The number of rotatable bonds is 5. The summed E-state index contributed by atoms with van der Waals surface area (Å²) < 4.78 is 46.9. The molecule has 0 fully saturated rings. The molecule has 0 aliphatic carbocycles. The number of benzene rings is 1. The fraction of sp³-hybridized carbons (Fsp3) is 0.500. The fourth-order valence-electron chi connectivity index (χ4n) is 1.57. The summed E-state index contributed by atoms with van der Waals surface area (Å²) in [6.45, 7) is 0. The largest absolute Gasteiger partial charge is 0.493 e. The summed E-state index contributed by atoms with van der Waals surface area (Å²) in [7, 11) is 2.84. The zero-order valence-corrected chi connectivity index (χ0v) is 11.8. The van der Waals surface area contributed by atoms with Gasteiger partial charge in [-0.1, -0.05) is 6.07 Å². The molecule has 0 amide bonds. The first-order valence-electron chi connectivity index (χ1n) is 5.52. The van der Waals surface area contributed by atoms with Crippen molar-refractivity contribution in [2.45, 2.75) is 24.7 Å². The number of aliphatic hydroxyl groups excluding tert-OH is 1. The second kappa shape index (κ2) is 7.56. The number of alkyl halides is 3. The Kier molecular flexibility index (Phi) is 7.12. The van der Waals surface area contributed by atoms with Crippen LogP contribution in [0.5, 0.6) is 11.5 Å². The topological polar surface area (TPSA) is 64.7 Å². The lowest BCUT2D eigenvalue weighted by molar-refractivity contribution is -0.153. The molecule has 0 bridgehead atoms. The van der Waals surface area contributed by atoms with E-state index in [9.17, 15) is 18.3 Å². The molecular weight excluding hydrogens is 299 g/mol. The molecule has 0 radical (unpaired) electrons. The van der Waals surface area contributed by atoms with E-state index in [1.54, 1.807) is 0 Å². The van der Waals surface area contributed by atoms with E-state index in [0.29, 0.717) is 11.5 Å². The highest BCUT2D eigenvalue weighted by atomic mass is 35.5. The van der Waals surface area contributed by atoms with Crippen molar-refractivity contribution in [3.8, 4) is 11.5 Å². The van der Waals surface area contributed by atoms with E-state index in [-0.39, 0.29) is 18.0 Å². The highest BCUT2D eigenvalue weighted by molar-refractivity contribution is 5.85. The van der Waals surface area contributed by atoms with Gasteiger partial charge in [0.1, 0.15) is 6.04 Å². The lowest BCUT2D eigenvalue weighted by Gasteiger charge is -2.20. The molecule has 0 unspecified atom stereocenters. The summed E-state index contributed by atoms with van der Waals surface area (Å²) in [4.78, 5) is 0. The van der Waals surface area contributed by atoms with E-state index >= 15 is 0 Å². The molecule has 1 aromatic carbocycles. The lowest BCUT2D eigenvalue weighted by Crippen LogP contribution is -2.38. The molecule has 0 aliphatic rings. The summed E-state index contributed by atoms with van der Waals surface area (Å²) >= 11 is 0. The highest BCUT2D eigenvalue weighted by Gasteiger charge is 2.38. The summed E-state index contributed by atoms with van der Waals surface area (Å²) in [5, 5.41) is 9.76. The third kappa shape index (κ3) is 4.73. The molecule has 3 N–H and O–H groups in total. The van der Waals surface area contributed by atoms with Gasteiger partial charge in [0.15, 0.2) is 11.5 Å². The van der Waals surface area contributed by atoms with Crippen LogP contribution < -0.4 is 15.2 Å². The Morgan fingerprint density at radius 3 is 2.20 bits per heavy atom. The summed E-state index contributed by atoms with van der Waals surface area (Å²) in [6.07, 6.45) is -6.47. The van der Waals surface area contributed by atoms with Gasteiger partial charge >= 0.3 is 6.18 Å². The maximum Gasteiger partial charge on any atom is 0.403 e. The lowest BCUT2D eigenvalue weighted by atomic mass is 10.0. The number of hydrogen-bond donors (Lipinski definition) is 2. The minimum atomic E-state index is -4.53. The maximum absolute atomic E-state index is 12.3. The van der Waals surface area contributed by atoms with Gasteiger partial charge < -0.3 is 20.3 Å². The van der Waals surface area contributed by atoms with Gasteiger partial charge in [-0.2, -0.15) is 13.2 Å². The maximum atomic E-state index is 12.3. The van der Waals surface area contributed by atoms with Crippen LogP contribution in [0.3, 0.4) is 0 Å². The molecule has 4 nitrogen and oxygen atoms in total. The normalized spacial score (nSPS) is 14.2. The molecule has 0 saturated carbocycles. The van der Waals surface area contributed by atoms with Gasteiger partial charge in [0.25, 0.3) is 0 Å². The van der Waals surface area contributed by atoms with E-state index < -0.39 is 24.7 Å².